The highest BCUT2D eigenvalue weighted by Crippen LogP contribution is 2.46. The van der Waals surface area contributed by atoms with Crippen LogP contribution in [0.2, 0.25) is 0 Å². The van der Waals surface area contributed by atoms with Gasteiger partial charge in [0, 0.05) is 56.5 Å². The maximum atomic E-state index is 12.6. The molecule has 2 fully saturated rings. The molecule has 8 heteroatoms. The summed E-state index contributed by atoms with van der Waals surface area (Å²) < 4.78 is 12.2. The number of nitrogens with zero attached hydrogens (tertiary/aromatic N) is 2. The second-order valence-electron chi connectivity index (χ2n) is 8.85. The van der Waals surface area contributed by atoms with Gasteiger partial charge < -0.3 is 29.9 Å². The van der Waals surface area contributed by atoms with Crippen molar-refractivity contribution in [3.8, 4) is 11.5 Å². The van der Waals surface area contributed by atoms with Crippen molar-refractivity contribution in [1.29, 1.82) is 0 Å². The lowest BCUT2D eigenvalue weighted by molar-refractivity contribution is -0.130. The number of anilines is 2. The van der Waals surface area contributed by atoms with Crippen LogP contribution in [0.1, 0.15) is 32.1 Å². The molecular formula is C25H30N4O4. The second-order valence-corrected chi connectivity index (χ2v) is 8.85. The molecule has 2 aromatic carbocycles. The summed E-state index contributed by atoms with van der Waals surface area (Å²) in [5, 5.41) is 5.45. The Kier molecular flexibility index (Phi) is 5.98. The molecule has 3 amide bonds. The normalized spacial score (nSPS) is 18.8. The van der Waals surface area contributed by atoms with Crippen LogP contribution in [0.15, 0.2) is 48.5 Å². The van der Waals surface area contributed by atoms with Gasteiger partial charge in [-0.25, -0.2) is 4.79 Å². The molecule has 3 aliphatic rings. The molecule has 1 spiro atoms. The van der Waals surface area contributed by atoms with Gasteiger partial charge in [0.05, 0.1) is 6.54 Å². The number of hydrogen-bond donors (Lipinski definition) is 2. The summed E-state index contributed by atoms with van der Waals surface area (Å²) in [6, 6.07) is 15.2. The monoisotopic (exact) mass is 450 g/mol. The van der Waals surface area contributed by atoms with E-state index in [1.807, 2.05) is 24.3 Å². The number of ether oxygens (including phenoxy) is 2. The number of rotatable bonds is 4. The van der Waals surface area contributed by atoms with E-state index in [1.165, 1.54) is 12.1 Å². The molecule has 2 aromatic rings. The lowest BCUT2D eigenvalue weighted by Crippen LogP contribution is -2.51. The Labute approximate surface area is 193 Å². The number of carbonyl (C=O) groups excluding carboxylic acids is 2. The predicted molar refractivity (Wildman–Crippen MR) is 126 cm³/mol. The molecule has 0 unspecified atom stereocenters. The fourth-order valence-corrected chi connectivity index (χ4v) is 4.76. The van der Waals surface area contributed by atoms with Gasteiger partial charge in [-0.2, -0.15) is 0 Å². The first-order valence-electron chi connectivity index (χ1n) is 11.7. The summed E-state index contributed by atoms with van der Waals surface area (Å²) in [6.45, 7) is 2.80. The minimum atomic E-state index is -0.543. The van der Waals surface area contributed by atoms with Crippen LogP contribution in [0.4, 0.5) is 16.2 Å². The van der Waals surface area contributed by atoms with Gasteiger partial charge in [0.2, 0.25) is 5.91 Å². The Hall–Kier alpha value is -3.42. The van der Waals surface area contributed by atoms with Crippen molar-refractivity contribution in [3.63, 3.8) is 0 Å². The zero-order valence-electron chi connectivity index (χ0n) is 18.7. The van der Waals surface area contributed by atoms with E-state index < -0.39 is 11.8 Å². The van der Waals surface area contributed by atoms with Crippen molar-refractivity contribution in [3.05, 3.63) is 48.5 Å². The number of urea groups is 1. The van der Waals surface area contributed by atoms with Crippen LogP contribution in [0.3, 0.4) is 0 Å². The summed E-state index contributed by atoms with van der Waals surface area (Å²) in [7, 11) is 0. The molecule has 174 valence electrons. The zero-order chi connectivity index (χ0) is 22.7. The van der Waals surface area contributed by atoms with Crippen LogP contribution >= 0.6 is 0 Å². The van der Waals surface area contributed by atoms with Crippen molar-refractivity contribution in [2.24, 2.45) is 0 Å². The molecule has 0 radical (unpaired) electrons. The number of piperazine rings is 1. The van der Waals surface area contributed by atoms with Crippen LogP contribution in [0.25, 0.3) is 0 Å². The maximum Gasteiger partial charge on any atom is 0.319 e. The second kappa shape index (κ2) is 9.21. The van der Waals surface area contributed by atoms with Gasteiger partial charge in [-0.05, 0) is 37.1 Å². The molecule has 1 saturated carbocycles. The number of nitrogens with one attached hydrogen (secondary N) is 2. The van der Waals surface area contributed by atoms with E-state index in [4.69, 9.17) is 9.47 Å². The Morgan fingerprint density at radius 3 is 2.36 bits per heavy atom. The summed E-state index contributed by atoms with van der Waals surface area (Å²) in [6.07, 6.45) is 5.16. The molecule has 1 saturated heterocycles. The van der Waals surface area contributed by atoms with Gasteiger partial charge in [-0.1, -0.05) is 24.6 Å². The maximum absolute atomic E-state index is 12.6. The number of fused-ring (bicyclic) bond motifs is 1. The fourth-order valence-electron chi connectivity index (χ4n) is 4.76. The molecule has 0 aromatic heterocycles. The van der Waals surface area contributed by atoms with Crippen LogP contribution in [-0.4, -0.2) is 55.3 Å². The predicted octanol–water partition coefficient (Wildman–Crippen LogP) is 3.59. The van der Waals surface area contributed by atoms with Crippen molar-refractivity contribution in [1.82, 2.24) is 10.2 Å². The summed E-state index contributed by atoms with van der Waals surface area (Å²) >= 11 is 0. The molecule has 1 aliphatic carbocycles. The Morgan fingerprint density at radius 2 is 1.61 bits per heavy atom. The molecule has 5 rings (SSSR count). The Balaban J connectivity index is 1.08. The highest BCUT2D eigenvalue weighted by molar-refractivity contribution is 5.92. The Morgan fingerprint density at radius 1 is 0.879 bits per heavy atom. The van der Waals surface area contributed by atoms with Crippen LogP contribution in [-0.2, 0) is 4.79 Å². The van der Waals surface area contributed by atoms with E-state index >= 15 is 0 Å². The molecule has 2 N–H and O–H groups in total. The first-order valence-corrected chi connectivity index (χ1v) is 11.7. The van der Waals surface area contributed by atoms with E-state index in [0.717, 1.165) is 38.8 Å². The van der Waals surface area contributed by atoms with Crippen molar-refractivity contribution < 1.29 is 19.1 Å². The molecule has 2 heterocycles. The standard InChI is InChI=1S/C25H30N4O4/c30-23(29-15-13-28(14-16-29)20-7-3-1-4-8-20)18-26-24(31)27-19-9-10-21-22(17-19)33-25(32-21)11-5-2-6-12-25/h1,3-4,7-10,17H,2,5-6,11-16,18H2,(H2,26,27,31). The van der Waals surface area contributed by atoms with Crippen LogP contribution < -0.4 is 25.0 Å². The van der Waals surface area contributed by atoms with E-state index in [9.17, 15) is 9.59 Å². The summed E-state index contributed by atoms with van der Waals surface area (Å²) in [4.78, 5) is 29.0. The number of para-hydroxylation sites is 1. The van der Waals surface area contributed by atoms with Gasteiger partial charge in [-0.3, -0.25) is 4.79 Å². The van der Waals surface area contributed by atoms with Crippen molar-refractivity contribution in [2.75, 3.05) is 42.9 Å². The minimum absolute atomic E-state index is 0.0369. The minimum Gasteiger partial charge on any atom is -0.448 e. The summed E-state index contributed by atoms with van der Waals surface area (Å²) in [5.74, 6) is 0.746. The average molecular weight is 451 g/mol. The molecule has 8 nitrogen and oxygen atoms in total. The van der Waals surface area contributed by atoms with Crippen LogP contribution in [0, 0.1) is 0 Å². The molecule has 33 heavy (non-hydrogen) atoms. The van der Waals surface area contributed by atoms with E-state index in [-0.39, 0.29) is 12.5 Å². The van der Waals surface area contributed by atoms with E-state index in [0.29, 0.717) is 30.3 Å². The smallest absolute Gasteiger partial charge is 0.319 e. The number of carbonyl (C=O) groups is 2. The van der Waals surface area contributed by atoms with Crippen molar-refractivity contribution >= 4 is 23.3 Å². The topological polar surface area (TPSA) is 83.1 Å². The van der Waals surface area contributed by atoms with Crippen molar-refractivity contribution in [2.45, 2.75) is 37.9 Å². The number of hydrogen-bond acceptors (Lipinski definition) is 5. The molecule has 0 atom stereocenters. The summed E-state index contributed by atoms with van der Waals surface area (Å²) in [5.41, 5.74) is 1.77. The van der Waals surface area contributed by atoms with E-state index in [1.54, 1.807) is 17.0 Å². The average Bonchev–Trinajstić information content (AvgIpc) is 3.20. The molecule has 0 bridgehead atoms. The largest absolute Gasteiger partial charge is 0.448 e. The van der Waals surface area contributed by atoms with Gasteiger partial charge in [0.1, 0.15) is 0 Å². The highest BCUT2D eigenvalue weighted by atomic mass is 16.7. The van der Waals surface area contributed by atoms with Gasteiger partial charge in [0.25, 0.3) is 5.79 Å². The quantitative estimate of drug-likeness (QED) is 0.744. The lowest BCUT2D eigenvalue weighted by Gasteiger charge is -2.36. The fraction of sp³-hybridized carbons (Fsp3) is 0.440. The van der Waals surface area contributed by atoms with Gasteiger partial charge >= 0.3 is 6.03 Å². The SMILES string of the molecule is O=C(NCC(=O)N1CCN(c2ccccc2)CC1)Nc1ccc2c(c1)OC1(CCCCC1)O2. The number of benzene rings is 2. The van der Waals surface area contributed by atoms with E-state index in [2.05, 4.69) is 27.7 Å². The first kappa shape index (κ1) is 21.4. The zero-order valence-corrected chi connectivity index (χ0v) is 18.7. The third-order valence-electron chi connectivity index (χ3n) is 6.56. The van der Waals surface area contributed by atoms with Gasteiger partial charge in [0.15, 0.2) is 11.5 Å². The number of amides is 3. The molecular weight excluding hydrogens is 420 g/mol. The highest BCUT2D eigenvalue weighted by Gasteiger charge is 2.42. The third kappa shape index (κ3) is 4.84. The Bertz CT molecular complexity index is 999. The third-order valence-corrected chi connectivity index (χ3v) is 6.56. The molecule has 2 aliphatic heterocycles. The van der Waals surface area contributed by atoms with Crippen LogP contribution in [0.5, 0.6) is 11.5 Å². The first-order chi connectivity index (χ1) is 16.1. The van der Waals surface area contributed by atoms with Gasteiger partial charge in [-0.15, -0.1) is 0 Å². The lowest BCUT2D eigenvalue weighted by atomic mass is 9.94.